The van der Waals surface area contributed by atoms with Crippen molar-refractivity contribution in [2.45, 2.75) is 92.3 Å². The molecule has 2 N–H and O–H groups in total. The monoisotopic (exact) mass is 481 g/mol. The molecule has 0 saturated heterocycles. The molecule has 0 saturated carbocycles. The van der Waals surface area contributed by atoms with Gasteiger partial charge in [-0.3, -0.25) is 4.79 Å². The minimum absolute atomic E-state index is 0.00161. The number of amides is 1. The lowest BCUT2D eigenvalue weighted by atomic mass is 10.0. The molecule has 0 aliphatic heterocycles. The van der Waals surface area contributed by atoms with E-state index < -0.39 is 0 Å². The minimum Gasteiger partial charge on any atom is -0.502 e. The summed E-state index contributed by atoms with van der Waals surface area (Å²) in [6.45, 7) is 13.1. The number of aromatic hydroxyl groups is 1. The van der Waals surface area contributed by atoms with Gasteiger partial charge in [0, 0.05) is 12.6 Å². The quantitative estimate of drug-likeness (QED) is 0.227. The van der Waals surface area contributed by atoms with Gasteiger partial charge < -0.3 is 19.9 Å². The van der Waals surface area contributed by atoms with Gasteiger partial charge in [0.05, 0.1) is 12.2 Å². The van der Waals surface area contributed by atoms with Gasteiger partial charge in [-0.1, -0.05) is 45.9 Å². The van der Waals surface area contributed by atoms with E-state index in [1.807, 2.05) is 0 Å². The molecule has 5 heteroatoms. The highest BCUT2D eigenvalue weighted by Crippen LogP contribution is 2.40. The van der Waals surface area contributed by atoms with Gasteiger partial charge in [-0.25, -0.2) is 0 Å². The summed E-state index contributed by atoms with van der Waals surface area (Å²) >= 11 is 0. The number of carbonyl (C=O) groups excluding carboxylic acids is 1. The summed E-state index contributed by atoms with van der Waals surface area (Å²) < 4.78 is 12.1. The van der Waals surface area contributed by atoms with Crippen LogP contribution in [0.1, 0.15) is 82.1 Å². The fourth-order valence-electron chi connectivity index (χ4n) is 3.84. The molecule has 0 atom stereocenters. The Labute approximate surface area is 211 Å². The first-order valence-electron chi connectivity index (χ1n) is 13.0. The number of ether oxygens (including phenoxy) is 2. The summed E-state index contributed by atoms with van der Waals surface area (Å²) in [6, 6.07) is 10.0. The highest BCUT2D eigenvalue weighted by molar-refractivity contribution is 5.91. The van der Waals surface area contributed by atoms with Crippen molar-refractivity contribution in [3.63, 3.8) is 0 Å². The van der Waals surface area contributed by atoms with Crippen molar-refractivity contribution in [1.82, 2.24) is 5.32 Å². The van der Waals surface area contributed by atoms with E-state index in [2.05, 4.69) is 65.1 Å². The van der Waals surface area contributed by atoms with Crippen LogP contribution in [-0.2, 0) is 11.2 Å². The lowest BCUT2D eigenvalue weighted by molar-refractivity contribution is -0.116. The van der Waals surface area contributed by atoms with Gasteiger partial charge >= 0.3 is 0 Å². The number of hydrogen-bond acceptors (Lipinski definition) is 4. The first-order chi connectivity index (χ1) is 16.8. The number of aryl methyl sites for hydroxylation is 3. The van der Waals surface area contributed by atoms with Gasteiger partial charge in [0.2, 0.25) is 11.7 Å². The second-order valence-corrected chi connectivity index (χ2v) is 9.13. The maximum atomic E-state index is 12.4. The largest absolute Gasteiger partial charge is 0.502 e. The molecule has 0 bridgehead atoms. The third kappa shape index (κ3) is 8.97. The zero-order chi connectivity index (χ0) is 25.8. The van der Waals surface area contributed by atoms with Crippen LogP contribution in [0.5, 0.6) is 17.2 Å². The molecule has 0 unspecified atom stereocenters. The number of phenolic OH excluding ortho intramolecular Hbond substituents is 1. The van der Waals surface area contributed by atoms with Gasteiger partial charge in [-0.2, -0.15) is 0 Å². The second kappa shape index (κ2) is 14.4. The Balaban J connectivity index is 2.05. The number of hydrogen-bond donors (Lipinski definition) is 2. The third-order valence-corrected chi connectivity index (χ3v) is 6.41. The molecule has 0 radical (unpaired) electrons. The van der Waals surface area contributed by atoms with Crippen molar-refractivity contribution in [3.05, 3.63) is 58.7 Å². The lowest BCUT2D eigenvalue weighted by Crippen LogP contribution is -2.22. The SMILES string of the molecule is CCC(CC)Oc1cc(C=CC(=O)NCCCc2ccc(C)c(C)c2)cc(OC(CC)CC)c1O. The topological polar surface area (TPSA) is 67.8 Å². The predicted octanol–water partition coefficient (Wildman–Crippen LogP) is 6.91. The summed E-state index contributed by atoms with van der Waals surface area (Å²) in [6.07, 6.45) is 8.41. The van der Waals surface area contributed by atoms with Crippen molar-refractivity contribution < 1.29 is 19.4 Å². The number of nitrogens with one attached hydrogen (secondary N) is 1. The highest BCUT2D eigenvalue weighted by Gasteiger charge is 2.17. The minimum atomic E-state index is -0.150. The van der Waals surface area contributed by atoms with Crippen molar-refractivity contribution in [3.8, 4) is 17.2 Å². The first-order valence-corrected chi connectivity index (χ1v) is 13.0. The molecule has 1 amide bonds. The summed E-state index contributed by atoms with van der Waals surface area (Å²) in [5, 5.41) is 13.7. The highest BCUT2D eigenvalue weighted by atomic mass is 16.5. The van der Waals surface area contributed by atoms with Crippen molar-refractivity contribution in [1.29, 1.82) is 0 Å². The smallest absolute Gasteiger partial charge is 0.243 e. The van der Waals surface area contributed by atoms with E-state index in [1.54, 1.807) is 18.2 Å². The Morgan fingerprint density at radius 1 is 0.914 bits per heavy atom. The molecule has 0 aromatic heterocycles. The van der Waals surface area contributed by atoms with E-state index in [9.17, 15) is 9.90 Å². The molecular formula is C30H43NO4. The van der Waals surface area contributed by atoms with Crippen LogP contribution in [0.15, 0.2) is 36.4 Å². The van der Waals surface area contributed by atoms with Crippen molar-refractivity contribution in [2.24, 2.45) is 0 Å². The Morgan fingerprint density at radius 3 is 2.00 bits per heavy atom. The van der Waals surface area contributed by atoms with E-state index >= 15 is 0 Å². The number of rotatable bonds is 14. The summed E-state index contributed by atoms with van der Waals surface area (Å²) in [7, 11) is 0. The molecule has 0 spiro atoms. The van der Waals surface area contributed by atoms with Crippen LogP contribution in [0.2, 0.25) is 0 Å². The number of benzene rings is 2. The molecule has 35 heavy (non-hydrogen) atoms. The molecular weight excluding hydrogens is 438 g/mol. The molecule has 0 aliphatic rings. The Bertz CT molecular complexity index is 939. The molecule has 0 aliphatic carbocycles. The Kier molecular flexibility index (Phi) is 11.7. The average molecular weight is 482 g/mol. The van der Waals surface area contributed by atoms with Gasteiger partial charge in [0.1, 0.15) is 0 Å². The summed E-state index contributed by atoms with van der Waals surface area (Å²) in [5.41, 5.74) is 4.62. The zero-order valence-corrected chi connectivity index (χ0v) is 22.3. The van der Waals surface area contributed by atoms with Crippen LogP contribution < -0.4 is 14.8 Å². The molecule has 2 aromatic rings. The summed E-state index contributed by atoms with van der Waals surface area (Å²) in [4.78, 5) is 12.4. The molecule has 2 aromatic carbocycles. The van der Waals surface area contributed by atoms with E-state index in [4.69, 9.17) is 9.47 Å². The van der Waals surface area contributed by atoms with E-state index in [0.717, 1.165) is 44.1 Å². The van der Waals surface area contributed by atoms with Crippen molar-refractivity contribution >= 4 is 12.0 Å². The van der Waals surface area contributed by atoms with Gasteiger partial charge in [-0.05, 0) is 92.8 Å². The third-order valence-electron chi connectivity index (χ3n) is 6.41. The van der Waals surface area contributed by atoms with Crippen LogP contribution in [0.3, 0.4) is 0 Å². The van der Waals surface area contributed by atoms with Gasteiger partial charge in [-0.15, -0.1) is 0 Å². The number of phenols is 1. The van der Waals surface area contributed by atoms with Crippen LogP contribution in [0.4, 0.5) is 0 Å². The van der Waals surface area contributed by atoms with Crippen LogP contribution in [-0.4, -0.2) is 29.8 Å². The Morgan fingerprint density at radius 2 is 1.49 bits per heavy atom. The molecule has 0 fully saturated rings. The van der Waals surface area contributed by atoms with Crippen LogP contribution >= 0.6 is 0 Å². The zero-order valence-electron chi connectivity index (χ0n) is 22.3. The maximum Gasteiger partial charge on any atom is 0.243 e. The maximum absolute atomic E-state index is 12.4. The fraction of sp³-hybridized carbons (Fsp3) is 0.500. The fourth-order valence-corrected chi connectivity index (χ4v) is 3.84. The average Bonchev–Trinajstić information content (AvgIpc) is 2.86. The van der Waals surface area contributed by atoms with Crippen molar-refractivity contribution in [2.75, 3.05) is 6.54 Å². The normalized spacial score (nSPS) is 11.4. The van der Waals surface area contributed by atoms with Crippen LogP contribution in [0.25, 0.3) is 6.08 Å². The lowest BCUT2D eigenvalue weighted by Gasteiger charge is -2.21. The Hall–Kier alpha value is -2.95. The number of carbonyl (C=O) groups is 1. The molecule has 0 heterocycles. The summed E-state index contributed by atoms with van der Waals surface area (Å²) in [5.74, 6) is 0.631. The van der Waals surface area contributed by atoms with E-state index in [1.165, 1.54) is 22.8 Å². The van der Waals surface area contributed by atoms with Crippen LogP contribution in [0, 0.1) is 13.8 Å². The van der Waals surface area contributed by atoms with E-state index in [-0.39, 0.29) is 23.9 Å². The molecule has 2 rings (SSSR count). The first kappa shape index (κ1) is 28.3. The van der Waals surface area contributed by atoms with Gasteiger partial charge in [0.15, 0.2) is 11.5 Å². The second-order valence-electron chi connectivity index (χ2n) is 9.13. The molecule has 5 nitrogen and oxygen atoms in total. The van der Waals surface area contributed by atoms with Gasteiger partial charge in [0.25, 0.3) is 0 Å². The standard InChI is InChI=1S/C30H43NO4/c1-7-25(8-2)34-27-19-24(20-28(30(27)33)35-26(9-3)10-4)15-16-29(32)31-17-11-12-23-14-13-21(5)22(6)18-23/h13-16,18-20,25-26,33H,7-12,17H2,1-6H3,(H,31,32). The van der Waals surface area contributed by atoms with E-state index in [0.29, 0.717) is 18.0 Å². The predicted molar refractivity (Wildman–Crippen MR) is 144 cm³/mol. The molecule has 192 valence electrons.